The Hall–Kier alpha value is -0.530. The zero-order chi connectivity index (χ0) is 10.7. The molecule has 0 aliphatic carbocycles. The fourth-order valence-corrected chi connectivity index (χ4v) is 1.29. The van der Waals surface area contributed by atoms with Gasteiger partial charge < -0.3 is 29.6 Å². The summed E-state index contributed by atoms with van der Waals surface area (Å²) in [5.41, 5.74) is 0. The molecule has 6 heteroatoms. The van der Waals surface area contributed by atoms with Crippen LogP contribution >= 0.6 is 0 Å². The molecule has 3 N–H and O–H groups in total. The van der Waals surface area contributed by atoms with Crippen LogP contribution in [-0.2, 0) is 14.3 Å². The predicted molar refractivity (Wildman–Crippen MR) is 44.4 cm³/mol. The van der Waals surface area contributed by atoms with Crippen LogP contribution < -0.4 is 0 Å². The monoisotopic (exact) mass is 206 g/mol. The van der Waals surface area contributed by atoms with Crippen LogP contribution in [0.5, 0.6) is 0 Å². The molecule has 0 aromatic rings. The summed E-state index contributed by atoms with van der Waals surface area (Å²) >= 11 is 0. The minimum atomic E-state index is -1.43. The van der Waals surface area contributed by atoms with Crippen LogP contribution in [0, 0.1) is 0 Å². The molecule has 0 saturated carbocycles. The second-order valence-electron chi connectivity index (χ2n) is 3.03. The molecule has 0 aromatic carbocycles. The molecule has 82 valence electrons. The molecule has 0 aromatic heterocycles. The highest BCUT2D eigenvalue weighted by Crippen LogP contribution is 2.20. The van der Waals surface area contributed by atoms with Crippen molar-refractivity contribution in [1.29, 1.82) is 0 Å². The van der Waals surface area contributed by atoms with E-state index in [9.17, 15) is 20.1 Å². The maximum absolute atomic E-state index is 10.4. The first-order chi connectivity index (χ1) is 6.61. The van der Waals surface area contributed by atoms with Gasteiger partial charge in [0.25, 0.3) is 0 Å². The first-order valence-corrected chi connectivity index (χ1v) is 4.38. The second-order valence-corrected chi connectivity index (χ2v) is 3.03. The maximum Gasteiger partial charge on any atom is 0.187 e. The van der Waals surface area contributed by atoms with Crippen LogP contribution in [0.25, 0.3) is 0 Å². The van der Waals surface area contributed by atoms with Crippen molar-refractivity contribution >= 4 is 6.29 Å². The van der Waals surface area contributed by atoms with Gasteiger partial charge in [0.05, 0.1) is 0 Å². The summed E-state index contributed by atoms with van der Waals surface area (Å²) in [6.45, 7) is 1.96. The first-order valence-electron chi connectivity index (χ1n) is 4.38. The van der Waals surface area contributed by atoms with Gasteiger partial charge >= 0.3 is 0 Å². The Morgan fingerprint density at radius 3 is 2.43 bits per heavy atom. The van der Waals surface area contributed by atoms with E-state index in [0.29, 0.717) is 6.29 Å². The summed E-state index contributed by atoms with van der Waals surface area (Å²) < 4.78 is 9.86. The number of carbonyl (C=O) groups is 1. The van der Waals surface area contributed by atoms with E-state index < -0.39 is 30.7 Å². The summed E-state index contributed by atoms with van der Waals surface area (Å²) in [6.07, 6.45) is -6.07. The van der Waals surface area contributed by atoms with Crippen molar-refractivity contribution < 1.29 is 29.6 Å². The van der Waals surface area contributed by atoms with Crippen LogP contribution in [0.1, 0.15) is 6.92 Å². The van der Waals surface area contributed by atoms with Crippen LogP contribution in [0.3, 0.4) is 0 Å². The highest BCUT2D eigenvalue weighted by atomic mass is 16.7. The number of hydrogen-bond donors (Lipinski definition) is 3. The van der Waals surface area contributed by atoms with Crippen LogP contribution in [0.2, 0.25) is 0 Å². The predicted octanol–water partition coefficient (Wildman–Crippen LogP) is -1.97. The van der Waals surface area contributed by atoms with Crippen LogP contribution in [0.15, 0.2) is 0 Å². The molecule has 6 nitrogen and oxygen atoms in total. The molecule has 1 fully saturated rings. The van der Waals surface area contributed by atoms with E-state index in [1.54, 1.807) is 6.92 Å². The van der Waals surface area contributed by atoms with Gasteiger partial charge in [0.15, 0.2) is 12.6 Å². The zero-order valence-electron chi connectivity index (χ0n) is 7.74. The summed E-state index contributed by atoms with van der Waals surface area (Å²) in [6, 6.07) is 0. The molecule has 1 rings (SSSR count). The Bertz CT molecular complexity index is 196. The number of aliphatic hydroxyl groups excluding tert-OH is 3. The van der Waals surface area contributed by atoms with Crippen LogP contribution in [-0.4, -0.2) is 58.9 Å². The van der Waals surface area contributed by atoms with E-state index in [2.05, 4.69) is 0 Å². The molecular weight excluding hydrogens is 192 g/mol. The minimum absolute atomic E-state index is 0.274. The lowest BCUT2D eigenvalue weighted by Gasteiger charge is -2.37. The SMILES string of the molecule is CCO[C@@H]1O[C@H](C=O)[C@H](O)[C@H](O)[C@H]1O. The maximum atomic E-state index is 10.4. The summed E-state index contributed by atoms with van der Waals surface area (Å²) in [4.78, 5) is 10.4. The Morgan fingerprint density at radius 2 is 1.93 bits per heavy atom. The van der Waals surface area contributed by atoms with Gasteiger partial charge in [-0.1, -0.05) is 0 Å². The molecular formula is C8H14O6. The number of ether oxygens (including phenoxy) is 2. The van der Waals surface area contributed by atoms with Crippen molar-refractivity contribution in [3.8, 4) is 0 Å². The molecule has 0 amide bonds. The molecule has 1 heterocycles. The van der Waals surface area contributed by atoms with Crippen molar-refractivity contribution in [2.75, 3.05) is 6.61 Å². The summed E-state index contributed by atoms with van der Waals surface area (Å²) in [5, 5.41) is 28.0. The van der Waals surface area contributed by atoms with E-state index >= 15 is 0 Å². The third-order valence-electron chi connectivity index (χ3n) is 2.07. The van der Waals surface area contributed by atoms with Crippen molar-refractivity contribution in [3.05, 3.63) is 0 Å². The highest BCUT2D eigenvalue weighted by molar-refractivity contribution is 5.57. The Morgan fingerprint density at radius 1 is 1.29 bits per heavy atom. The number of aliphatic hydroxyl groups is 3. The minimum Gasteiger partial charge on any atom is -0.387 e. The van der Waals surface area contributed by atoms with Crippen molar-refractivity contribution in [3.63, 3.8) is 0 Å². The fraction of sp³-hybridized carbons (Fsp3) is 0.875. The average Bonchev–Trinajstić information content (AvgIpc) is 2.19. The third-order valence-corrected chi connectivity index (χ3v) is 2.07. The Kier molecular flexibility index (Phi) is 3.97. The van der Waals surface area contributed by atoms with E-state index in [4.69, 9.17) is 9.47 Å². The standard InChI is InChI=1S/C8H14O6/c1-2-13-8-7(12)6(11)5(10)4(3-9)14-8/h3-8,10-12H,2H2,1H3/t4-,5+,6+,7-,8-/m1/s1. The number of rotatable bonds is 3. The lowest BCUT2D eigenvalue weighted by Crippen LogP contribution is -2.58. The molecule has 14 heavy (non-hydrogen) atoms. The number of aldehydes is 1. The zero-order valence-corrected chi connectivity index (χ0v) is 7.74. The smallest absolute Gasteiger partial charge is 0.187 e. The van der Waals surface area contributed by atoms with Gasteiger partial charge in [-0.3, -0.25) is 0 Å². The van der Waals surface area contributed by atoms with E-state index in [-0.39, 0.29) is 6.61 Å². The van der Waals surface area contributed by atoms with Gasteiger partial charge in [-0.15, -0.1) is 0 Å². The van der Waals surface area contributed by atoms with Gasteiger partial charge in [-0.25, -0.2) is 0 Å². The Balaban J connectivity index is 2.67. The molecule has 1 aliphatic rings. The molecule has 0 unspecified atom stereocenters. The lowest BCUT2D eigenvalue weighted by atomic mass is 10.00. The fourth-order valence-electron chi connectivity index (χ4n) is 1.29. The largest absolute Gasteiger partial charge is 0.387 e. The molecule has 0 radical (unpaired) electrons. The molecule has 0 bridgehead atoms. The number of hydrogen-bond acceptors (Lipinski definition) is 6. The van der Waals surface area contributed by atoms with E-state index in [1.165, 1.54) is 0 Å². The van der Waals surface area contributed by atoms with Gasteiger partial charge in [0.1, 0.15) is 24.4 Å². The molecule has 1 aliphatic heterocycles. The quantitative estimate of drug-likeness (QED) is 0.463. The van der Waals surface area contributed by atoms with Crippen molar-refractivity contribution in [1.82, 2.24) is 0 Å². The third kappa shape index (κ3) is 2.10. The average molecular weight is 206 g/mol. The lowest BCUT2D eigenvalue weighted by molar-refractivity contribution is -0.286. The highest BCUT2D eigenvalue weighted by Gasteiger charge is 2.43. The van der Waals surface area contributed by atoms with Gasteiger partial charge in [-0.05, 0) is 6.92 Å². The Labute approximate surface area is 81.1 Å². The summed E-state index contributed by atoms with van der Waals surface area (Å²) in [5.74, 6) is 0. The summed E-state index contributed by atoms with van der Waals surface area (Å²) in [7, 11) is 0. The van der Waals surface area contributed by atoms with Gasteiger partial charge in [-0.2, -0.15) is 0 Å². The molecule has 0 spiro atoms. The van der Waals surface area contributed by atoms with Crippen LogP contribution in [0.4, 0.5) is 0 Å². The second kappa shape index (κ2) is 4.81. The van der Waals surface area contributed by atoms with E-state index in [1.807, 2.05) is 0 Å². The number of carbonyl (C=O) groups excluding carboxylic acids is 1. The normalized spacial score (nSPS) is 43.6. The first kappa shape index (κ1) is 11.5. The van der Waals surface area contributed by atoms with Gasteiger partial charge in [0.2, 0.25) is 0 Å². The van der Waals surface area contributed by atoms with Crippen molar-refractivity contribution in [2.24, 2.45) is 0 Å². The molecule has 1 saturated heterocycles. The van der Waals surface area contributed by atoms with Gasteiger partial charge in [0, 0.05) is 6.61 Å². The topological polar surface area (TPSA) is 96.2 Å². The van der Waals surface area contributed by atoms with Crippen molar-refractivity contribution in [2.45, 2.75) is 37.6 Å². The molecule has 5 atom stereocenters. The van der Waals surface area contributed by atoms with E-state index in [0.717, 1.165) is 0 Å².